The first-order valence-corrected chi connectivity index (χ1v) is 7.99. The van der Waals surface area contributed by atoms with Crippen molar-refractivity contribution in [2.75, 3.05) is 25.7 Å². The van der Waals surface area contributed by atoms with E-state index in [4.69, 9.17) is 4.74 Å². The molecule has 0 heterocycles. The van der Waals surface area contributed by atoms with Gasteiger partial charge in [-0.1, -0.05) is 19.1 Å². The van der Waals surface area contributed by atoms with Crippen LogP contribution in [0.25, 0.3) is 0 Å². The van der Waals surface area contributed by atoms with E-state index in [1.54, 1.807) is 7.11 Å². The maximum atomic E-state index is 11.4. The molecule has 1 N–H and O–H groups in total. The standard InChI is InChI=1S/C13H21NO3S/c1-5-14-12(9-18(4,15)16)11-6-7-13(17-3)10(2)8-11/h6-8,12,14H,5,9H2,1-4H3. The predicted octanol–water partition coefficient (Wildman–Crippen LogP) is 1.70. The summed E-state index contributed by atoms with van der Waals surface area (Å²) < 4.78 is 28.1. The fraction of sp³-hybridized carbons (Fsp3) is 0.538. The number of sulfone groups is 1. The van der Waals surface area contributed by atoms with Gasteiger partial charge in [-0.25, -0.2) is 8.42 Å². The van der Waals surface area contributed by atoms with Crippen LogP contribution in [0.1, 0.15) is 24.1 Å². The Balaban J connectivity index is 3.02. The highest BCUT2D eigenvalue weighted by Gasteiger charge is 2.17. The van der Waals surface area contributed by atoms with Crippen molar-refractivity contribution in [3.63, 3.8) is 0 Å². The van der Waals surface area contributed by atoms with Gasteiger partial charge in [-0.3, -0.25) is 0 Å². The first-order chi connectivity index (χ1) is 8.37. The smallest absolute Gasteiger partial charge is 0.149 e. The molecule has 0 bridgehead atoms. The largest absolute Gasteiger partial charge is 0.496 e. The molecule has 0 saturated carbocycles. The fourth-order valence-corrected chi connectivity index (χ4v) is 2.86. The SMILES string of the molecule is CCNC(CS(C)(=O)=O)c1ccc(OC)c(C)c1. The molecule has 0 spiro atoms. The summed E-state index contributed by atoms with van der Waals surface area (Å²) in [4.78, 5) is 0. The molecule has 0 aliphatic rings. The van der Waals surface area contributed by atoms with E-state index in [0.29, 0.717) is 0 Å². The molecule has 1 aromatic carbocycles. The number of benzene rings is 1. The summed E-state index contributed by atoms with van der Waals surface area (Å²) in [5.41, 5.74) is 1.98. The molecule has 0 amide bonds. The van der Waals surface area contributed by atoms with Crippen LogP contribution >= 0.6 is 0 Å². The molecule has 18 heavy (non-hydrogen) atoms. The minimum absolute atomic E-state index is 0.104. The fourth-order valence-electron chi connectivity index (χ4n) is 1.94. The van der Waals surface area contributed by atoms with Crippen LogP contribution in [0, 0.1) is 6.92 Å². The van der Waals surface area contributed by atoms with Gasteiger partial charge in [-0.05, 0) is 30.7 Å². The number of nitrogens with one attached hydrogen (secondary N) is 1. The average Bonchev–Trinajstić information content (AvgIpc) is 2.26. The van der Waals surface area contributed by atoms with E-state index in [-0.39, 0.29) is 11.8 Å². The Morgan fingerprint density at radius 2 is 2.06 bits per heavy atom. The second-order valence-corrected chi connectivity index (χ2v) is 6.62. The van der Waals surface area contributed by atoms with E-state index < -0.39 is 9.84 Å². The van der Waals surface area contributed by atoms with Gasteiger partial charge in [0.1, 0.15) is 15.6 Å². The van der Waals surface area contributed by atoms with E-state index in [2.05, 4.69) is 5.32 Å². The van der Waals surface area contributed by atoms with E-state index in [1.807, 2.05) is 32.0 Å². The summed E-state index contributed by atoms with van der Waals surface area (Å²) in [6.07, 6.45) is 1.26. The van der Waals surface area contributed by atoms with Crippen LogP contribution in [0.15, 0.2) is 18.2 Å². The van der Waals surface area contributed by atoms with Crippen molar-refractivity contribution >= 4 is 9.84 Å². The van der Waals surface area contributed by atoms with E-state index in [9.17, 15) is 8.42 Å². The zero-order valence-electron chi connectivity index (χ0n) is 11.4. The van der Waals surface area contributed by atoms with Crippen LogP contribution in [0.5, 0.6) is 5.75 Å². The highest BCUT2D eigenvalue weighted by molar-refractivity contribution is 7.90. The molecule has 102 valence electrons. The summed E-state index contributed by atoms with van der Waals surface area (Å²) in [5, 5.41) is 3.20. The van der Waals surface area contributed by atoms with Crippen molar-refractivity contribution in [3.05, 3.63) is 29.3 Å². The van der Waals surface area contributed by atoms with Crippen molar-refractivity contribution in [1.82, 2.24) is 5.32 Å². The Bertz CT molecular complexity index is 497. The lowest BCUT2D eigenvalue weighted by molar-refractivity contribution is 0.411. The Morgan fingerprint density at radius 3 is 2.50 bits per heavy atom. The second kappa shape index (κ2) is 6.20. The molecule has 0 saturated heterocycles. The molecule has 0 aliphatic carbocycles. The predicted molar refractivity (Wildman–Crippen MR) is 73.9 cm³/mol. The molecule has 1 unspecified atom stereocenters. The topological polar surface area (TPSA) is 55.4 Å². The number of methoxy groups -OCH3 is 1. The Kier molecular flexibility index (Phi) is 5.16. The molecule has 1 atom stereocenters. The van der Waals surface area contributed by atoms with Gasteiger partial charge >= 0.3 is 0 Å². The maximum Gasteiger partial charge on any atom is 0.149 e. The normalized spacial score (nSPS) is 13.3. The number of ether oxygens (including phenoxy) is 1. The second-order valence-electron chi connectivity index (χ2n) is 4.43. The summed E-state index contributed by atoms with van der Waals surface area (Å²) >= 11 is 0. The Labute approximate surface area is 109 Å². The monoisotopic (exact) mass is 271 g/mol. The first kappa shape index (κ1) is 15.0. The quantitative estimate of drug-likeness (QED) is 0.855. The lowest BCUT2D eigenvalue weighted by atomic mass is 10.0. The Morgan fingerprint density at radius 1 is 1.39 bits per heavy atom. The number of hydrogen-bond acceptors (Lipinski definition) is 4. The van der Waals surface area contributed by atoms with E-state index >= 15 is 0 Å². The number of hydrogen-bond donors (Lipinski definition) is 1. The molecule has 1 aromatic rings. The Hall–Kier alpha value is -1.07. The number of aryl methyl sites for hydroxylation is 1. The molecular formula is C13H21NO3S. The van der Waals surface area contributed by atoms with Crippen molar-refractivity contribution < 1.29 is 13.2 Å². The molecule has 0 radical (unpaired) electrons. The van der Waals surface area contributed by atoms with Gasteiger partial charge in [-0.2, -0.15) is 0 Å². The van der Waals surface area contributed by atoms with Gasteiger partial charge < -0.3 is 10.1 Å². The third-order valence-corrected chi connectivity index (χ3v) is 3.68. The molecule has 1 rings (SSSR count). The average molecular weight is 271 g/mol. The van der Waals surface area contributed by atoms with Crippen LogP contribution in [0.3, 0.4) is 0 Å². The highest BCUT2D eigenvalue weighted by atomic mass is 32.2. The van der Waals surface area contributed by atoms with Crippen molar-refractivity contribution in [2.24, 2.45) is 0 Å². The lowest BCUT2D eigenvalue weighted by Gasteiger charge is -2.18. The summed E-state index contributed by atoms with van der Waals surface area (Å²) in [5.74, 6) is 0.917. The zero-order valence-corrected chi connectivity index (χ0v) is 12.2. The van der Waals surface area contributed by atoms with Crippen molar-refractivity contribution in [1.29, 1.82) is 0 Å². The summed E-state index contributed by atoms with van der Waals surface area (Å²) in [7, 11) is -1.39. The molecule has 4 nitrogen and oxygen atoms in total. The van der Waals surface area contributed by atoms with Crippen LogP contribution in [0.4, 0.5) is 0 Å². The van der Waals surface area contributed by atoms with Crippen LogP contribution in [-0.4, -0.2) is 34.1 Å². The van der Waals surface area contributed by atoms with Gasteiger partial charge in [0.2, 0.25) is 0 Å². The molecule has 5 heteroatoms. The zero-order chi connectivity index (χ0) is 13.8. The van der Waals surface area contributed by atoms with Gasteiger partial charge in [0.25, 0.3) is 0 Å². The summed E-state index contributed by atoms with van der Waals surface area (Å²) in [6.45, 7) is 4.64. The third-order valence-electron chi connectivity index (χ3n) is 2.74. The molecule has 0 aliphatic heterocycles. The van der Waals surface area contributed by atoms with Crippen molar-refractivity contribution in [2.45, 2.75) is 19.9 Å². The first-order valence-electron chi connectivity index (χ1n) is 5.93. The molecular weight excluding hydrogens is 250 g/mol. The molecule has 0 aromatic heterocycles. The third kappa shape index (κ3) is 4.31. The number of rotatable bonds is 6. The summed E-state index contributed by atoms with van der Waals surface area (Å²) in [6, 6.07) is 5.58. The lowest BCUT2D eigenvalue weighted by Crippen LogP contribution is -2.27. The van der Waals surface area contributed by atoms with Gasteiger partial charge in [0.15, 0.2) is 0 Å². The van der Waals surface area contributed by atoms with E-state index in [0.717, 1.165) is 23.4 Å². The van der Waals surface area contributed by atoms with Crippen LogP contribution < -0.4 is 10.1 Å². The van der Waals surface area contributed by atoms with Gasteiger partial charge in [0.05, 0.1) is 12.9 Å². The van der Waals surface area contributed by atoms with E-state index in [1.165, 1.54) is 6.26 Å². The minimum atomic E-state index is -3.02. The van der Waals surface area contributed by atoms with Crippen LogP contribution in [0.2, 0.25) is 0 Å². The highest BCUT2D eigenvalue weighted by Crippen LogP contribution is 2.23. The van der Waals surface area contributed by atoms with Gasteiger partial charge in [0, 0.05) is 12.3 Å². The van der Waals surface area contributed by atoms with Gasteiger partial charge in [-0.15, -0.1) is 0 Å². The van der Waals surface area contributed by atoms with Crippen LogP contribution in [-0.2, 0) is 9.84 Å². The maximum absolute atomic E-state index is 11.4. The van der Waals surface area contributed by atoms with Crippen molar-refractivity contribution in [3.8, 4) is 5.75 Å². The minimum Gasteiger partial charge on any atom is -0.496 e. The molecule has 0 fully saturated rings.